The van der Waals surface area contributed by atoms with Gasteiger partial charge in [0.1, 0.15) is 5.82 Å². The third-order valence-electron chi connectivity index (χ3n) is 3.65. The first-order chi connectivity index (χ1) is 8.58. The van der Waals surface area contributed by atoms with Gasteiger partial charge in [0, 0.05) is 24.2 Å². The van der Waals surface area contributed by atoms with Gasteiger partial charge in [0.25, 0.3) is 5.69 Å². The summed E-state index contributed by atoms with van der Waals surface area (Å²) < 4.78 is 13.1. The summed E-state index contributed by atoms with van der Waals surface area (Å²) in [7, 11) is 0. The van der Waals surface area contributed by atoms with Gasteiger partial charge in [-0.3, -0.25) is 10.1 Å². The Balaban J connectivity index is 2.08. The van der Waals surface area contributed by atoms with E-state index >= 15 is 0 Å². The van der Waals surface area contributed by atoms with E-state index in [1.165, 1.54) is 25.0 Å². The fraction of sp³-hybridized carbons (Fsp3) is 0.538. The van der Waals surface area contributed by atoms with Crippen molar-refractivity contribution in [3.63, 3.8) is 0 Å². The van der Waals surface area contributed by atoms with E-state index in [4.69, 9.17) is 0 Å². The quantitative estimate of drug-likeness (QED) is 0.662. The highest BCUT2D eigenvalue weighted by Crippen LogP contribution is 2.26. The molecule has 1 N–H and O–H groups in total. The number of halogens is 1. The van der Waals surface area contributed by atoms with Crippen LogP contribution >= 0.6 is 0 Å². The fourth-order valence-electron chi connectivity index (χ4n) is 2.56. The van der Waals surface area contributed by atoms with E-state index in [9.17, 15) is 14.5 Å². The van der Waals surface area contributed by atoms with Crippen LogP contribution in [0.4, 0.5) is 10.1 Å². The van der Waals surface area contributed by atoms with Crippen molar-refractivity contribution < 1.29 is 9.31 Å². The van der Waals surface area contributed by atoms with Crippen molar-refractivity contribution >= 4 is 5.69 Å². The molecule has 1 aliphatic rings. The average molecular weight is 252 g/mol. The van der Waals surface area contributed by atoms with Crippen molar-refractivity contribution in [2.45, 2.75) is 38.8 Å². The molecule has 2 atom stereocenters. The van der Waals surface area contributed by atoms with Gasteiger partial charge in [0.2, 0.25) is 0 Å². The lowest BCUT2D eigenvalue weighted by molar-refractivity contribution is -0.385. The maximum atomic E-state index is 13.1. The second kappa shape index (κ2) is 5.44. The van der Waals surface area contributed by atoms with E-state index in [0.717, 1.165) is 12.5 Å². The van der Waals surface area contributed by atoms with Gasteiger partial charge in [-0.15, -0.1) is 0 Å². The second-order valence-corrected chi connectivity index (χ2v) is 4.93. The van der Waals surface area contributed by atoms with Crippen LogP contribution in [0.2, 0.25) is 0 Å². The van der Waals surface area contributed by atoms with Crippen LogP contribution in [0.25, 0.3) is 0 Å². The molecule has 5 heteroatoms. The predicted molar refractivity (Wildman–Crippen MR) is 66.7 cm³/mol. The average Bonchev–Trinajstić information content (AvgIpc) is 2.72. The maximum Gasteiger partial charge on any atom is 0.274 e. The summed E-state index contributed by atoms with van der Waals surface area (Å²) in [4.78, 5) is 10.4. The number of rotatable bonds is 4. The van der Waals surface area contributed by atoms with Gasteiger partial charge >= 0.3 is 0 Å². The van der Waals surface area contributed by atoms with Crippen molar-refractivity contribution in [1.82, 2.24) is 5.32 Å². The number of nitrogens with zero attached hydrogens (tertiary/aromatic N) is 1. The van der Waals surface area contributed by atoms with Crippen LogP contribution in [0, 0.1) is 21.8 Å². The van der Waals surface area contributed by atoms with Crippen LogP contribution in [-0.4, -0.2) is 11.0 Å². The highest BCUT2D eigenvalue weighted by atomic mass is 19.1. The van der Waals surface area contributed by atoms with Crippen molar-refractivity contribution in [1.29, 1.82) is 0 Å². The largest absolute Gasteiger partial charge is 0.309 e. The minimum absolute atomic E-state index is 0.0189. The van der Waals surface area contributed by atoms with Crippen molar-refractivity contribution in [3.05, 3.63) is 39.7 Å². The zero-order valence-corrected chi connectivity index (χ0v) is 10.4. The van der Waals surface area contributed by atoms with Crippen LogP contribution in [0.5, 0.6) is 0 Å². The topological polar surface area (TPSA) is 55.2 Å². The molecule has 0 bridgehead atoms. The first-order valence-corrected chi connectivity index (χ1v) is 6.24. The number of hydrogen-bond donors (Lipinski definition) is 1. The Morgan fingerprint density at radius 2 is 2.28 bits per heavy atom. The highest BCUT2D eigenvalue weighted by Gasteiger charge is 2.23. The summed E-state index contributed by atoms with van der Waals surface area (Å²) in [6.45, 7) is 2.52. The van der Waals surface area contributed by atoms with Crippen LogP contribution in [-0.2, 0) is 6.54 Å². The number of nitro groups is 1. The van der Waals surface area contributed by atoms with E-state index in [1.54, 1.807) is 0 Å². The van der Waals surface area contributed by atoms with Crippen LogP contribution < -0.4 is 5.32 Å². The summed E-state index contributed by atoms with van der Waals surface area (Å²) in [6.07, 6.45) is 3.46. The summed E-state index contributed by atoms with van der Waals surface area (Å²) in [5.74, 6) is 0.148. The molecule has 0 radical (unpaired) electrons. The lowest BCUT2D eigenvalue weighted by Gasteiger charge is -2.17. The molecule has 1 aromatic carbocycles. The van der Waals surface area contributed by atoms with E-state index < -0.39 is 10.7 Å². The molecule has 1 saturated carbocycles. The van der Waals surface area contributed by atoms with Gasteiger partial charge in [-0.1, -0.05) is 13.3 Å². The smallest absolute Gasteiger partial charge is 0.274 e. The zero-order valence-electron chi connectivity index (χ0n) is 10.4. The normalized spacial score (nSPS) is 23.2. The molecular weight excluding hydrogens is 235 g/mol. The molecule has 98 valence electrons. The Bertz CT molecular complexity index is 451. The molecule has 2 unspecified atom stereocenters. The molecule has 0 aliphatic heterocycles. The first-order valence-electron chi connectivity index (χ1n) is 6.24. The Labute approximate surface area is 105 Å². The number of nitro benzene ring substituents is 1. The van der Waals surface area contributed by atoms with E-state index in [1.807, 2.05) is 0 Å². The fourth-order valence-corrected chi connectivity index (χ4v) is 2.56. The van der Waals surface area contributed by atoms with Crippen molar-refractivity contribution in [3.8, 4) is 0 Å². The third kappa shape index (κ3) is 2.85. The van der Waals surface area contributed by atoms with Gasteiger partial charge in [0.15, 0.2) is 0 Å². The van der Waals surface area contributed by atoms with E-state index in [-0.39, 0.29) is 5.69 Å². The summed E-state index contributed by atoms with van der Waals surface area (Å²) in [5, 5.41) is 14.1. The molecule has 0 saturated heterocycles. The second-order valence-electron chi connectivity index (χ2n) is 4.93. The minimum Gasteiger partial charge on any atom is -0.309 e. The Morgan fingerprint density at radius 1 is 1.50 bits per heavy atom. The molecule has 0 aromatic heterocycles. The first kappa shape index (κ1) is 13.0. The molecule has 18 heavy (non-hydrogen) atoms. The summed E-state index contributed by atoms with van der Waals surface area (Å²) in [6, 6.07) is 3.97. The van der Waals surface area contributed by atoms with Gasteiger partial charge < -0.3 is 5.32 Å². The highest BCUT2D eigenvalue weighted by molar-refractivity contribution is 5.40. The molecule has 4 nitrogen and oxygen atoms in total. The molecule has 1 aromatic rings. The van der Waals surface area contributed by atoms with Gasteiger partial charge in [-0.2, -0.15) is 0 Å². The SMILES string of the molecule is CC1CCCC1NCc1cc(F)ccc1[N+](=O)[O-]. The predicted octanol–water partition coefficient (Wildman–Crippen LogP) is 3.01. The summed E-state index contributed by atoms with van der Waals surface area (Å²) >= 11 is 0. The van der Waals surface area contributed by atoms with Crippen molar-refractivity contribution in [2.75, 3.05) is 0 Å². The third-order valence-corrected chi connectivity index (χ3v) is 3.65. The monoisotopic (exact) mass is 252 g/mol. The lowest BCUT2D eigenvalue weighted by atomic mass is 10.1. The van der Waals surface area contributed by atoms with Crippen molar-refractivity contribution in [2.24, 2.45) is 5.92 Å². The van der Waals surface area contributed by atoms with Gasteiger partial charge in [0.05, 0.1) is 4.92 Å². The van der Waals surface area contributed by atoms with Crippen LogP contribution in [0.15, 0.2) is 18.2 Å². The molecule has 0 spiro atoms. The molecular formula is C13H17FN2O2. The number of benzene rings is 1. The molecule has 0 heterocycles. The molecule has 0 amide bonds. The number of hydrogen-bond acceptors (Lipinski definition) is 3. The lowest BCUT2D eigenvalue weighted by Crippen LogP contribution is -2.30. The van der Waals surface area contributed by atoms with E-state index in [2.05, 4.69) is 12.2 Å². The van der Waals surface area contributed by atoms with E-state index in [0.29, 0.717) is 24.1 Å². The molecule has 1 fully saturated rings. The van der Waals surface area contributed by atoms with Gasteiger partial charge in [-0.05, 0) is 30.9 Å². The zero-order chi connectivity index (χ0) is 13.1. The summed E-state index contributed by atoms with van der Waals surface area (Å²) in [5.41, 5.74) is 0.397. The van der Waals surface area contributed by atoms with Gasteiger partial charge in [-0.25, -0.2) is 4.39 Å². The molecule has 2 rings (SSSR count). The Morgan fingerprint density at radius 3 is 2.89 bits per heavy atom. The number of nitrogens with one attached hydrogen (secondary N) is 1. The minimum atomic E-state index is -0.464. The maximum absolute atomic E-state index is 13.1. The Hall–Kier alpha value is -1.49. The Kier molecular flexibility index (Phi) is 3.91. The van der Waals surface area contributed by atoms with Crippen LogP contribution in [0.1, 0.15) is 31.7 Å². The standard InChI is InChI=1S/C13H17FN2O2/c1-9-3-2-4-12(9)15-8-10-7-11(14)5-6-13(10)16(17)18/h5-7,9,12,15H,2-4,8H2,1H3. The van der Waals surface area contributed by atoms with Crippen LogP contribution in [0.3, 0.4) is 0 Å². The molecule has 1 aliphatic carbocycles.